The predicted octanol–water partition coefficient (Wildman–Crippen LogP) is 0.891. The molecule has 1 aliphatic heterocycles. The second-order valence-corrected chi connectivity index (χ2v) is 4.48. The van der Waals surface area contributed by atoms with Gasteiger partial charge in [0.25, 0.3) is 0 Å². The first kappa shape index (κ1) is 8.21. The zero-order valence-corrected chi connectivity index (χ0v) is 7.92. The monoisotopic (exact) mass is 183 g/mol. The van der Waals surface area contributed by atoms with Crippen molar-refractivity contribution in [2.24, 2.45) is 5.92 Å². The van der Waals surface area contributed by atoms with Gasteiger partial charge in [-0.2, -0.15) is 0 Å². The Morgan fingerprint density at radius 1 is 1.15 bits per heavy atom. The Morgan fingerprint density at radius 3 is 2.38 bits per heavy atom. The molecule has 0 bridgehead atoms. The van der Waals surface area contributed by atoms with Crippen LogP contribution < -0.4 is 5.32 Å². The fourth-order valence-electron chi connectivity index (χ4n) is 2.31. The molecule has 0 aromatic carbocycles. The van der Waals surface area contributed by atoms with E-state index in [1.165, 1.54) is 25.7 Å². The second kappa shape index (κ2) is 2.94. The van der Waals surface area contributed by atoms with Crippen LogP contribution in [0.2, 0.25) is 0 Å². The molecule has 0 aromatic rings. The minimum Gasteiger partial charge on any atom is -0.349 e. The maximum Gasteiger partial charge on any atom is 0.170 e. The van der Waals surface area contributed by atoms with Gasteiger partial charge in [-0.25, -0.2) is 0 Å². The van der Waals surface area contributed by atoms with Crippen molar-refractivity contribution in [1.29, 1.82) is 0 Å². The lowest BCUT2D eigenvalue weighted by Crippen LogP contribution is -2.39. The van der Waals surface area contributed by atoms with Crippen LogP contribution in [-0.2, 0) is 9.47 Å². The van der Waals surface area contributed by atoms with Crippen LogP contribution in [-0.4, -0.2) is 31.6 Å². The quantitative estimate of drug-likeness (QED) is 0.702. The fourth-order valence-corrected chi connectivity index (χ4v) is 2.31. The Labute approximate surface area is 78.8 Å². The number of rotatable bonds is 4. The molecule has 0 unspecified atom stereocenters. The maximum atomic E-state index is 5.39. The summed E-state index contributed by atoms with van der Waals surface area (Å²) in [6, 6.07) is 0. The number of ether oxygens (including phenoxy) is 2. The lowest BCUT2D eigenvalue weighted by molar-refractivity contribution is -0.0416. The van der Waals surface area contributed by atoms with Gasteiger partial charge in [-0.15, -0.1) is 0 Å². The zero-order chi connectivity index (χ0) is 8.73. The van der Waals surface area contributed by atoms with E-state index in [0.29, 0.717) is 5.54 Å². The molecule has 1 saturated heterocycles. The smallest absolute Gasteiger partial charge is 0.170 e. The maximum absolute atomic E-state index is 5.39. The third-order valence-electron chi connectivity index (χ3n) is 3.46. The summed E-state index contributed by atoms with van der Waals surface area (Å²) in [4.78, 5) is 0. The molecule has 3 aliphatic rings. The molecule has 0 amide bonds. The van der Waals surface area contributed by atoms with Gasteiger partial charge in [0, 0.05) is 12.1 Å². The van der Waals surface area contributed by atoms with Gasteiger partial charge in [-0.3, -0.25) is 0 Å². The van der Waals surface area contributed by atoms with E-state index in [4.69, 9.17) is 9.47 Å². The SMILES string of the molecule is C1COC(CNC2(C3CC3)CC2)O1. The summed E-state index contributed by atoms with van der Waals surface area (Å²) in [5, 5.41) is 3.62. The average molecular weight is 183 g/mol. The fraction of sp³-hybridized carbons (Fsp3) is 1.00. The predicted molar refractivity (Wildman–Crippen MR) is 48.4 cm³/mol. The highest BCUT2D eigenvalue weighted by Crippen LogP contribution is 2.53. The Balaban J connectivity index is 1.46. The highest BCUT2D eigenvalue weighted by atomic mass is 16.7. The molecule has 74 valence electrons. The summed E-state index contributed by atoms with van der Waals surface area (Å²) in [6.07, 6.45) is 5.62. The van der Waals surface area contributed by atoms with E-state index in [9.17, 15) is 0 Å². The van der Waals surface area contributed by atoms with E-state index in [2.05, 4.69) is 5.32 Å². The first-order chi connectivity index (χ1) is 6.39. The zero-order valence-electron chi connectivity index (χ0n) is 7.92. The van der Waals surface area contributed by atoms with E-state index in [-0.39, 0.29) is 6.29 Å². The molecule has 0 spiro atoms. The van der Waals surface area contributed by atoms with Crippen molar-refractivity contribution in [1.82, 2.24) is 5.32 Å². The van der Waals surface area contributed by atoms with Gasteiger partial charge < -0.3 is 14.8 Å². The summed E-state index contributed by atoms with van der Waals surface area (Å²) >= 11 is 0. The van der Waals surface area contributed by atoms with Gasteiger partial charge in [-0.1, -0.05) is 0 Å². The Bertz CT molecular complexity index is 193. The van der Waals surface area contributed by atoms with Crippen molar-refractivity contribution in [3.63, 3.8) is 0 Å². The Morgan fingerprint density at radius 2 is 1.85 bits per heavy atom. The molecule has 2 aliphatic carbocycles. The van der Waals surface area contributed by atoms with Crippen molar-refractivity contribution in [3.05, 3.63) is 0 Å². The van der Waals surface area contributed by atoms with Crippen LogP contribution in [0.15, 0.2) is 0 Å². The molecule has 0 atom stereocenters. The molecule has 3 fully saturated rings. The van der Waals surface area contributed by atoms with Crippen LogP contribution in [0.3, 0.4) is 0 Å². The molecular formula is C10H17NO2. The minimum absolute atomic E-state index is 0.0243. The van der Waals surface area contributed by atoms with Gasteiger partial charge in [0.05, 0.1) is 13.2 Å². The third kappa shape index (κ3) is 1.60. The van der Waals surface area contributed by atoms with Crippen molar-refractivity contribution in [2.75, 3.05) is 19.8 Å². The summed E-state index contributed by atoms with van der Waals surface area (Å²) in [6.45, 7) is 2.42. The largest absolute Gasteiger partial charge is 0.349 e. The summed E-state index contributed by atoms with van der Waals surface area (Å²) in [5.74, 6) is 0.967. The van der Waals surface area contributed by atoms with Crippen LogP contribution in [0.5, 0.6) is 0 Å². The summed E-state index contributed by atoms with van der Waals surface area (Å²) in [5.41, 5.74) is 0.509. The summed E-state index contributed by atoms with van der Waals surface area (Å²) in [7, 11) is 0. The second-order valence-electron chi connectivity index (χ2n) is 4.48. The van der Waals surface area contributed by atoms with Gasteiger partial charge in [0.1, 0.15) is 0 Å². The van der Waals surface area contributed by atoms with Crippen molar-refractivity contribution < 1.29 is 9.47 Å². The van der Waals surface area contributed by atoms with Crippen LogP contribution in [0.1, 0.15) is 25.7 Å². The molecule has 3 heteroatoms. The van der Waals surface area contributed by atoms with Gasteiger partial charge in [-0.05, 0) is 31.6 Å². The van der Waals surface area contributed by atoms with E-state index >= 15 is 0 Å². The van der Waals surface area contributed by atoms with Crippen LogP contribution in [0.4, 0.5) is 0 Å². The molecule has 0 aromatic heterocycles. The van der Waals surface area contributed by atoms with Gasteiger partial charge in [0.15, 0.2) is 6.29 Å². The molecule has 0 radical (unpaired) electrons. The molecule has 13 heavy (non-hydrogen) atoms. The summed E-state index contributed by atoms with van der Waals surface area (Å²) < 4.78 is 10.8. The number of nitrogens with one attached hydrogen (secondary N) is 1. The lowest BCUT2D eigenvalue weighted by atomic mass is 10.1. The highest BCUT2D eigenvalue weighted by Gasteiger charge is 2.53. The lowest BCUT2D eigenvalue weighted by Gasteiger charge is -2.18. The molecule has 3 nitrogen and oxygen atoms in total. The van der Waals surface area contributed by atoms with E-state index < -0.39 is 0 Å². The highest BCUT2D eigenvalue weighted by molar-refractivity contribution is 5.11. The number of hydrogen-bond acceptors (Lipinski definition) is 3. The minimum atomic E-state index is 0.0243. The van der Waals surface area contributed by atoms with Crippen LogP contribution in [0, 0.1) is 5.92 Å². The van der Waals surface area contributed by atoms with Crippen molar-refractivity contribution in [3.8, 4) is 0 Å². The van der Waals surface area contributed by atoms with Crippen molar-refractivity contribution in [2.45, 2.75) is 37.5 Å². The van der Waals surface area contributed by atoms with E-state index in [0.717, 1.165) is 25.7 Å². The van der Waals surface area contributed by atoms with Crippen molar-refractivity contribution >= 4 is 0 Å². The molecular weight excluding hydrogens is 166 g/mol. The third-order valence-corrected chi connectivity index (χ3v) is 3.46. The first-order valence-corrected chi connectivity index (χ1v) is 5.37. The normalized spacial score (nSPS) is 32.3. The standard InChI is InChI=1S/C10H17NO2/c1-2-8(1)10(3-4-10)11-7-9-12-5-6-13-9/h8-9,11H,1-7H2. The average Bonchev–Trinajstić information content (AvgIpc) is 3.02. The first-order valence-electron chi connectivity index (χ1n) is 5.37. The molecule has 1 heterocycles. The molecule has 3 rings (SSSR count). The number of hydrogen-bond donors (Lipinski definition) is 1. The van der Waals surface area contributed by atoms with Gasteiger partial charge >= 0.3 is 0 Å². The van der Waals surface area contributed by atoms with E-state index in [1.807, 2.05) is 0 Å². The Hall–Kier alpha value is -0.120. The van der Waals surface area contributed by atoms with Crippen LogP contribution >= 0.6 is 0 Å². The van der Waals surface area contributed by atoms with E-state index in [1.54, 1.807) is 0 Å². The van der Waals surface area contributed by atoms with Gasteiger partial charge in [0.2, 0.25) is 0 Å². The molecule has 2 saturated carbocycles. The Kier molecular flexibility index (Phi) is 1.86. The topological polar surface area (TPSA) is 30.5 Å². The molecule has 1 N–H and O–H groups in total. The van der Waals surface area contributed by atoms with Crippen LogP contribution in [0.25, 0.3) is 0 Å².